The Morgan fingerprint density at radius 3 is 2.19 bits per heavy atom. The fourth-order valence-electron chi connectivity index (χ4n) is 3.42. The highest BCUT2D eigenvalue weighted by atomic mass is 16.5. The van der Waals surface area contributed by atoms with E-state index in [4.69, 9.17) is 9.47 Å². The number of carbonyl (C=O) groups is 3. The van der Waals surface area contributed by atoms with Gasteiger partial charge in [-0.25, -0.2) is 9.59 Å². The molecule has 2 aromatic rings. The summed E-state index contributed by atoms with van der Waals surface area (Å²) in [6.45, 7) is 0. The Hall–Kier alpha value is -2.95. The van der Waals surface area contributed by atoms with Crippen molar-refractivity contribution in [1.82, 2.24) is 0 Å². The van der Waals surface area contributed by atoms with E-state index in [9.17, 15) is 14.4 Å². The van der Waals surface area contributed by atoms with Crippen LogP contribution in [0.15, 0.2) is 30.3 Å². The standard InChI is InChI=1S/C21H20O5/c1-25-20(23)18-10-13-3-4-14-9-16(12-22)17(8-7-15(18)6-5-13)19(11-14)21(24)26-2/h5-6,9-12H,3-4,7-8H2,1-2H3. The van der Waals surface area contributed by atoms with E-state index in [2.05, 4.69) is 0 Å². The van der Waals surface area contributed by atoms with Gasteiger partial charge in [-0.15, -0.1) is 0 Å². The van der Waals surface area contributed by atoms with E-state index in [0.29, 0.717) is 47.9 Å². The molecule has 0 aromatic heterocycles. The van der Waals surface area contributed by atoms with Gasteiger partial charge < -0.3 is 9.47 Å². The van der Waals surface area contributed by atoms with Crippen molar-refractivity contribution in [2.75, 3.05) is 14.2 Å². The second-order valence-corrected chi connectivity index (χ2v) is 6.30. The predicted octanol–water partition coefficient (Wildman–Crippen LogP) is 2.96. The van der Waals surface area contributed by atoms with Crippen molar-refractivity contribution in [1.29, 1.82) is 0 Å². The molecule has 0 atom stereocenters. The van der Waals surface area contributed by atoms with Crippen LogP contribution in [-0.2, 0) is 35.2 Å². The average molecular weight is 352 g/mol. The third kappa shape index (κ3) is 3.38. The third-order valence-corrected chi connectivity index (χ3v) is 4.80. The highest BCUT2D eigenvalue weighted by Crippen LogP contribution is 2.25. The van der Waals surface area contributed by atoms with Gasteiger partial charge in [-0.3, -0.25) is 4.79 Å². The molecule has 0 amide bonds. The third-order valence-electron chi connectivity index (χ3n) is 4.80. The van der Waals surface area contributed by atoms with E-state index in [1.165, 1.54) is 14.2 Å². The van der Waals surface area contributed by atoms with Crippen LogP contribution in [-0.4, -0.2) is 32.4 Å². The maximum atomic E-state index is 12.2. The highest BCUT2D eigenvalue weighted by Gasteiger charge is 2.20. The van der Waals surface area contributed by atoms with Gasteiger partial charge in [-0.05, 0) is 66.1 Å². The first kappa shape index (κ1) is 17.9. The van der Waals surface area contributed by atoms with Crippen molar-refractivity contribution in [3.8, 4) is 0 Å². The molecule has 4 bridgehead atoms. The predicted molar refractivity (Wildman–Crippen MR) is 95.8 cm³/mol. The minimum atomic E-state index is -0.455. The molecule has 0 saturated carbocycles. The van der Waals surface area contributed by atoms with Crippen LogP contribution in [0.5, 0.6) is 0 Å². The molecule has 0 spiro atoms. The van der Waals surface area contributed by atoms with E-state index in [1.54, 1.807) is 0 Å². The summed E-state index contributed by atoms with van der Waals surface area (Å²) in [5, 5.41) is 0. The van der Waals surface area contributed by atoms with Crippen molar-refractivity contribution < 1.29 is 23.9 Å². The van der Waals surface area contributed by atoms with Gasteiger partial charge in [0.25, 0.3) is 0 Å². The van der Waals surface area contributed by atoms with Gasteiger partial charge in [-0.2, -0.15) is 0 Å². The lowest BCUT2D eigenvalue weighted by Gasteiger charge is -2.17. The first-order valence-electron chi connectivity index (χ1n) is 8.46. The molecule has 5 heteroatoms. The van der Waals surface area contributed by atoms with E-state index in [0.717, 1.165) is 23.0 Å². The largest absolute Gasteiger partial charge is 0.465 e. The van der Waals surface area contributed by atoms with Crippen LogP contribution >= 0.6 is 0 Å². The minimum Gasteiger partial charge on any atom is -0.465 e. The Morgan fingerprint density at radius 2 is 1.50 bits per heavy atom. The lowest BCUT2D eigenvalue weighted by atomic mass is 9.88. The molecule has 26 heavy (non-hydrogen) atoms. The quantitative estimate of drug-likeness (QED) is 0.627. The second kappa shape index (κ2) is 7.52. The average Bonchev–Trinajstić information content (AvgIpc) is 2.67. The SMILES string of the molecule is COC(=O)c1cc2ccc1CCc1c(C=O)cc(cc1C(=O)OC)CC2. The number of rotatable bonds is 3. The summed E-state index contributed by atoms with van der Waals surface area (Å²) in [6, 6.07) is 9.45. The van der Waals surface area contributed by atoms with E-state index in [-0.39, 0.29) is 5.97 Å². The van der Waals surface area contributed by atoms with Crippen LogP contribution in [0.4, 0.5) is 0 Å². The van der Waals surface area contributed by atoms with Crippen LogP contribution in [0.3, 0.4) is 0 Å². The molecular weight excluding hydrogens is 332 g/mol. The smallest absolute Gasteiger partial charge is 0.338 e. The van der Waals surface area contributed by atoms with Gasteiger partial charge in [0.2, 0.25) is 0 Å². The summed E-state index contributed by atoms with van der Waals surface area (Å²) in [5.41, 5.74) is 4.83. The summed E-state index contributed by atoms with van der Waals surface area (Å²) >= 11 is 0. The number of esters is 2. The van der Waals surface area contributed by atoms with Crippen molar-refractivity contribution in [3.63, 3.8) is 0 Å². The lowest BCUT2D eigenvalue weighted by Crippen LogP contribution is -2.14. The van der Waals surface area contributed by atoms with Gasteiger partial charge in [0.15, 0.2) is 0 Å². The minimum absolute atomic E-state index is 0.378. The number of hydrogen-bond donors (Lipinski definition) is 0. The summed E-state index contributed by atoms with van der Waals surface area (Å²) in [5.74, 6) is -0.833. The van der Waals surface area contributed by atoms with Gasteiger partial charge >= 0.3 is 11.9 Å². The summed E-state index contributed by atoms with van der Waals surface area (Å²) in [7, 11) is 2.69. The van der Waals surface area contributed by atoms with Gasteiger partial charge in [0.05, 0.1) is 25.3 Å². The number of methoxy groups -OCH3 is 2. The van der Waals surface area contributed by atoms with Crippen LogP contribution in [0.2, 0.25) is 0 Å². The molecule has 4 aliphatic rings. The molecule has 0 heterocycles. The molecule has 6 rings (SSSR count). The molecule has 4 aliphatic carbocycles. The first-order valence-corrected chi connectivity index (χ1v) is 8.46. The summed E-state index contributed by atoms with van der Waals surface area (Å²) in [6.07, 6.45) is 3.06. The molecule has 0 fully saturated rings. The second-order valence-electron chi connectivity index (χ2n) is 6.30. The van der Waals surface area contributed by atoms with Crippen LogP contribution in [0, 0.1) is 0 Å². The molecule has 0 unspecified atom stereocenters. The van der Waals surface area contributed by atoms with Crippen LogP contribution < -0.4 is 0 Å². The number of benzene rings is 2. The monoisotopic (exact) mass is 352 g/mol. The van der Waals surface area contributed by atoms with Crippen molar-refractivity contribution in [2.45, 2.75) is 25.7 Å². The van der Waals surface area contributed by atoms with E-state index in [1.807, 2.05) is 30.3 Å². The van der Waals surface area contributed by atoms with Crippen LogP contribution in [0.1, 0.15) is 53.3 Å². The van der Waals surface area contributed by atoms with Gasteiger partial charge in [0.1, 0.15) is 6.29 Å². The number of carbonyl (C=O) groups excluding carboxylic acids is 3. The van der Waals surface area contributed by atoms with Crippen LogP contribution in [0.25, 0.3) is 0 Å². The molecule has 0 aliphatic heterocycles. The molecule has 0 saturated heterocycles. The topological polar surface area (TPSA) is 69.7 Å². The fourth-order valence-corrected chi connectivity index (χ4v) is 3.42. The molecule has 0 N–H and O–H groups in total. The van der Waals surface area contributed by atoms with Gasteiger partial charge in [-0.1, -0.05) is 12.1 Å². The fraction of sp³-hybridized carbons (Fsp3) is 0.286. The molecule has 0 radical (unpaired) electrons. The number of hydrogen-bond acceptors (Lipinski definition) is 5. The zero-order chi connectivity index (χ0) is 18.7. The highest BCUT2D eigenvalue weighted by molar-refractivity contribution is 5.95. The molecule has 2 aromatic carbocycles. The Balaban J connectivity index is 2.14. The zero-order valence-corrected chi connectivity index (χ0v) is 14.8. The Morgan fingerprint density at radius 1 is 0.846 bits per heavy atom. The number of aldehydes is 1. The van der Waals surface area contributed by atoms with E-state index < -0.39 is 5.97 Å². The van der Waals surface area contributed by atoms with Gasteiger partial charge in [0, 0.05) is 5.56 Å². The first-order chi connectivity index (χ1) is 12.6. The van der Waals surface area contributed by atoms with E-state index >= 15 is 0 Å². The lowest BCUT2D eigenvalue weighted by molar-refractivity contribution is 0.0589. The maximum Gasteiger partial charge on any atom is 0.338 e. The molecule has 134 valence electrons. The Labute approximate surface area is 151 Å². The Kier molecular flexibility index (Phi) is 5.16. The maximum absolute atomic E-state index is 12.2. The van der Waals surface area contributed by atoms with Crippen molar-refractivity contribution >= 4 is 18.2 Å². The Bertz CT molecular complexity index is 882. The van der Waals surface area contributed by atoms with Crippen molar-refractivity contribution in [3.05, 3.63) is 69.3 Å². The molecule has 5 nitrogen and oxygen atoms in total. The normalized spacial score (nSPS) is 12.8. The summed E-state index contributed by atoms with van der Waals surface area (Å²) < 4.78 is 9.81. The number of ether oxygens (including phenoxy) is 2. The summed E-state index contributed by atoms with van der Waals surface area (Å²) in [4.78, 5) is 36.0. The van der Waals surface area contributed by atoms with Crippen molar-refractivity contribution in [2.24, 2.45) is 0 Å². The zero-order valence-electron chi connectivity index (χ0n) is 14.8. The molecular formula is C21H20O5. The number of aryl methyl sites for hydroxylation is 3.